The van der Waals surface area contributed by atoms with E-state index in [0.29, 0.717) is 34.1 Å². The molecule has 3 N–H and O–H groups in total. The molecule has 0 spiro atoms. The van der Waals surface area contributed by atoms with Crippen LogP contribution >= 0.6 is 11.8 Å². The van der Waals surface area contributed by atoms with Gasteiger partial charge in [-0.3, -0.25) is 4.79 Å². The zero-order valence-electron chi connectivity index (χ0n) is 18.1. The molecule has 10 heteroatoms. The number of benzene rings is 2. The summed E-state index contributed by atoms with van der Waals surface area (Å²) in [6.07, 6.45) is 0. The number of anilines is 1. The lowest BCUT2D eigenvalue weighted by Gasteiger charge is -2.12. The molecule has 0 radical (unpaired) electrons. The SMILES string of the molecule is CC(C)c1ccc(OCc2nnc(S[C@H](C)C(=O)Nc3ccc4c(c3)OCO4)n2N)cc1. The first-order valence-electron chi connectivity index (χ1n) is 10.2. The largest absolute Gasteiger partial charge is 0.486 e. The minimum absolute atomic E-state index is 0.170. The molecular formula is C22H25N5O4S. The second-order valence-corrected chi connectivity index (χ2v) is 8.91. The van der Waals surface area contributed by atoms with Crippen LogP contribution in [0.3, 0.4) is 0 Å². The van der Waals surface area contributed by atoms with E-state index in [1.165, 1.54) is 22.0 Å². The van der Waals surface area contributed by atoms with Gasteiger partial charge in [-0.15, -0.1) is 10.2 Å². The van der Waals surface area contributed by atoms with Gasteiger partial charge in [-0.25, -0.2) is 4.68 Å². The van der Waals surface area contributed by atoms with Gasteiger partial charge in [0.15, 0.2) is 17.3 Å². The summed E-state index contributed by atoms with van der Waals surface area (Å²) in [5.74, 6) is 8.84. The highest BCUT2D eigenvalue weighted by Crippen LogP contribution is 2.34. The molecule has 1 amide bonds. The maximum absolute atomic E-state index is 12.6. The minimum atomic E-state index is -0.454. The lowest BCUT2D eigenvalue weighted by molar-refractivity contribution is -0.115. The zero-order chi connectivity index (χ0) is 22.7. The quantitative estimate of drug-likeness (QED) is 0.392. The van der Waals surface area contributed by atoms with Gasteiger partial charge in [-0.1, -0.05) is 37.7 Å². The molecule has 168 valence electrons. The van der Waals surface area contributed by atoms with Crippen LogP contribution in [0.2, 0.25) is 0 Å². The van der Waals surface area contributed by atoms with Gasteiger partial charge in [0.1, 0.15) is 12.4 Å². The number of thioether (sulfide) groups is 1. The fourth-order valence-corrected chi connectivity index (χ4v) is 3.80. The van der Waals surface area contributed by atoms with Crippen molar-refractivity contribution in [3.05, 3.63) is 53.9 Å². The molecule has 9 nitrogen and oxygen atoms in total. The summed E-state index contributed by atoms with van der Waals surface area (Å²) in [5, 5.41) is 11.0. The Kier molecular flexibility index (Phi) is 6.40. The van der Waals surface area contributed by atoms with Crippen molar-refractivity contribution < 1.29 is 19.0 Å². The zero-order valence-corrected chi connectivity index (χ0v) is 18.9. The van der Waals surface area contributed by atoms with Crippen LogP contribution in [0.15, 0.2) is 47.6 Å². The maximum Gasteiger partial charge on any atom is 0.237 e. The number of hydrogen-bond acceptors (Lipinski definition) is 8. The van der Waals surface area contributed by atoms with Crippen LogP contribution in [-0.4, -0.2) is 32.8 Å². The first-order valence-corrected chi connectivity index (χ1v) is 11.1. The predicted molar refractivity (Wildman–Crippen MR) is 122 cm³/mol. The number of rotatable bonds is 8. The fraction of sp³-hybridized carbons (Fsp3) is 0.318. The van der Waals surface area contributed by atoms with Crippen LogP contribution < -0.4 is 25.4 Å². The first-order chi connectivity index (χ1) is 15.4. The summed E-state index contributed by atoms with van der Waals surface area (Å²) in [6, 6.07) is 13.2. The van der Waals surface area contributed by atoms with Crippen molar-refractivity contribution in [2.75, 3.05) is 18.0 Å². The van der Waals surface area contributed by atoms with Crippen molar-refractivity contribution >= 4 is 23.4 Å². The smallest absolute Gasteiger partial charge is 0.237 e. The number of nitrogens with one attached hydrogen (secondary N) is 1. The minimum Gasteiger partial charge on any atom is -0.486 e. The molecule has 1 aromatic heterocycles. The normalized spacial score (nSPS) is 13.2. The number of fused-ring (bicyclic) bond motifs is 1. The van der Waals surface area contributed by atoms with Crippen LogP contribution in [0, 0.1) is 0 Å². The van der Waals surface area contributed by atoms with E-state index in [9.17, 15) is 4.79 Å². The van der Waals surface area contributed by atoms with E-state index in [0.717, 1.165) is 5.75 Å². The number of amides is 1. The van der Waals surface area contributed by atoms with Gasteiger partial charge in [0.25, 0.3) is 0 Å². The summed E-state index contributed by atoms with van der Waals surface area (Å²) < 4.78 is 17.7. The van der Waals surface area contributed by atoms with E-state index in [1.54, 1.807) is 25.1 Å². The average molecular weight is 456 g/mol. The molecule has 0 aliphatic carbocycles. The van der Waals surface area contributed by atoms with Gasteiger partial charge >= 0.3 is 0 Å². The predicted octanol–water partition coefficient (Wildman–Crippen LogP) is 3.54. The molecule has 0 bridgehead atoms. The highest BCUT2D eigenvalue weighted by atomic mass is 32.2. The van der Waals surface area contributed by atoms with Gasteiger partial charge in [0.2, 0.25) is 17.9 Å². The molecule has 0 unspecified atom stereocenters. The molecule has 1 aliphatic heterocycles. The van der Waals surface area contributed by atoms with E-state index >= 15 is 0 Å². The summed E-state index contributed by atoms with van der Waals surface area (Å²) in [4.78, 5) is 12.6. The molecular weight excluding hydrogens is 430 g/mol. The topological polar surface area (TPSA) is 114 Å². The van der Waals surface area contributed by atoms with Crippen LogP contribution in [-0.2, 0) is 11.4 Å². The molecule has 0 fully saturated rings. The van der Waals surface area contributed by atoms with Crippen LogP contribution in [0.25, 0.3) is 0 Å². The van der Waals surface area contributed by atoms with E-state index in [2.05, 4.69) is 29.4 Å². The van der Waals surface area contributed by atoms with Crippen molar-refractivity contribution in [2.45, 2.75) is 43.7 Å². The number of nitrogen functional groups attached to an aromatic ring is 1. The van der Waals surface area contributed by atoms with Crippen LogP contribution in [0.1, 0.15) is 38.1 Å². The highest BCUT2D eigenvalue weighted by molar-refractivity contribution is 8.00. The third kappa shape index (κ3) is 4.91. The highest BCUT2D eigenvalue weighted by Gasteiger charge is 2.21. The Morgan fingerprint density at radius 3 is 2.66 bits per heavy atom. The van der Waals surface area contributed by atoms with E-state index in [4.69, 9.17) is 20.1 Å². The third-order valence-electron chi connectivity index (χ3n) is 4.94. The van der Waals surface area contributed by atoms with Crippen molar-refractivity contribution in [1.82, 2.24) is 14.9 Å². The summed E-state index contributed by atoms with van der Waals surface area (Å²) in [7, 11) is 0. The number of nitrogens with two attached hydrogens (primary N) is 1. The number of aromatic nitrogens is 3. The lowest BCUT2D eigenvalue weighted by Crippen LogP contribution is -2.24. The summed E-state index contributed by atoms with van der Waals surface area (Å²) in [5.41, 5.74) is 1.87. The van der Waals surface area contributed by atoms with Crippen molar-refractivity contribution in [3.63, 3.8) is 0 Å². The molecule has 3 aromatic rings. The molecule has 32 heavy (non-hydrogen) atoms. The Morgan fingerprint density at radius 1 is 1.16 bits per heavy atom. The van der Waals surface area contributed by atoms with Gasteiger partial charge in [-0.05, 0) is 42.7 Å². The van der Waals surface area contributed by atoms with Gasteiger partial charge in [-0.2, -0.15) is 0 Å². The van der Waals surface area contributed by atoms with Crippen molar-refractivity contribution in [1.29, 1.82) is 0 Å². The summed E-state index contributed by atoms with van der Waals surface area (Å²) in [6.45, 7) is 6.40. The summed E-state index contributed by atoms with van der Waals surface area (Å²) >= 11 is 1.21. The molecule has 0 saturated carbocycles. The monoisotopic (exact) mass is 455 g/mol. The van der Waals surface area contributed by atoms with E-state index < -0.39 is 5.25 Å². The number of carbonyl (C=O) groups is 1. The fourth-order valence-electron chi connectivity index (χ4n) is 3.01. The van der Waals surface area contributed by atoms with Gasteiger partial charge < -0.3 is 25.4 Å². The number of carbonyl (C=O) groups excluding carboxylic acids is 1. The third-order valence-corrected chi connectivity index (χ3v) is 6.00. The average Bonchev–Trinajstić information content (AvgIpc) is 3.39. The molecule has 1 aliphatic rings. The molecule has 4 rings (SSSR count). The number of ether oxygens (including phenoxy) is 3. The number of hydrogen-bond donors (Lipinski definition) is 2. The van der Waals surface area contributed by atoms with E-state index in [-0.39, 0.29) is 19.3 Å². The van der Waals surface area contributed by atoms with Crippen molar-refractivity contribution in [2.24, 2.45) is 0 Å². The Balaban J connectivity index is 1.32. The van der Waals surface area contributed by atoms with Crippen LogP contribution in [0.4, 0.5) is 5.69 Å². The molecule has 2 heterocycles. The maximum atomic E-state index is 12.6. The second kappa shape index (κ2) is 9.39. The van der Waals surface area contributed by atoms with Gasteiger partial charge in [0, 0.05) is 11.8 Å². The van der Waals surface area contributed by atoms with Crippen LogP contribution in [0.5, 0.6) is 17.2 Å². The first kappa shape index (κ1) is 21.8. The standard InChI is InChI=1S/C22H25N5O4S/c1-13(2)15-4-7-17(8-5-15)29-11-20-25-26-22(27(20)23)32-14(3)21(28)24-16-6-9-18-19(10-16)31-12-30-18/h4-10,13-14H,11-12,23H2,1-3H3,(H,24,28)/t14-/m1/s1. The lowest BCUT2D eigenvalue weighted by atomic mass is 10.0. The van der Waals surface area contributed by atoms with Gasteiger partial charge in [0.05, 0.1) is 5.25 Å². The molecule has 1 atom stereocenters. The number of nitrogens with zero attached hydrogens (tertiary/aromatic N) is 3. The Hall–Kier alpha value is -3.40. The second-order valence-electron chi connectivity index (χ2n) is 7.60. The molecule has 2 aromatic carbocycles. The Labute approximate surface area is 190 Å². The molecule has 0 saturated heterocycles. The van der Waals surface area contributed by atoms with Crippen molar-refractivity contribution in [3.8, 4) is 17.2 Å². The van der Waals surface area contributed by atoms with E-state index in [1.807, 2.05) is 24.3 Å². The Bertz CT molecular complexity index is 1100. The Morgan fingerprint density at radius 2 is 1.91 bits per heavy atom.